The average molecular weight is 316 g/mol. The van der Waals surface area contributed by atoms with Crippen LogP contribution in [0.5, 0.6) is 0 Å². The van der Waals surface area contributed by atoms with Crippen LogP contribution in [-0.4, -0.2) is 28.1 Å². The Labute approximate surface area is 125 Å². The van der Waals surface area contributed by atoms with Gasteiger partial charge >= 0.3 is 12.0 Å². The molecule has 1 atom stereocenters. The van der Waals surface area contributed by atoms with E-state index >= 15 is 0 Å². The highest BCUT2D eigenvalue weighted by atomic mass is 35.5. The number of carbonyl (C=O) groups is 2. The minimum Gasteiger partial charge on any atom is -0.480 e. The van der Waals surface area contributed by atoms with Crippen molar-refractivity contribution in [2.24, 2.45) is 0 Å². The number of benzene rings is 1. The SMILES string of the molecule is CCC[C@H](NC(=O)Nc1ccc(Cl)c([N+](=O)[O-])c1)C(=O)O. The number of halogens is 1. The lowest BCUT2D eigenvalue weighted by Crippen LogP contribution is -2.42. The fraction of sp³-hybridized carbons (Fsp3) is 0.333. The van der Waals surface area contributed by atoms with Gasteiger partial charge in [0.15, 0.2) is 0 Å². The molecule has 0 unspecified atom stereocenters. The Kier molecular flexibility index (Phi) is 5.92. The molecule has 0 heterocycles. The Morgan fingerprint density at radius 2 is 2.14 bits per heavy atom. The number of nitrogens with zero attached hydrogens (tertiary/aromatic N) is 1. The van der Waals surface area contributed by atoms with E-state index in [1.807, 2.05) is 0 Å². The number of nitrogens with one attached hydrogen (secondary N) is 2. The van der Waals surface area contributed by atoms with Gasteiger partial charge in [-0.15, -0.1) is 0 Å². The van der Waals surface area contributed by atoms with Gasteiger partial charge in [0, 0.05) is 11.8 Å². The summed E-state index contributed by atoms with van der Waals surface area (Å²) in [6, 6.07) is 1.97. The first-order valence-electron chi connectivity index (χ1n) is 6.09. The van der Waals surface area contributed by atoms with E-state index < -0.39 is 23.0 Å². The van der Waals surface area contributed by atoms with Crippen molar-refractivity contribution in [2.45, 2.75) is 25.8 Å². The van der Waals surface area contributed by atoms with E-state index in [-0.39, 0.29) is 22.8 Å². The van der Waals surface area contributed by atoms with Gasteiger partial charge in [0.2, 0.25) is 0 Å². The number of carbonyl (C=O) groups excluding carboxylic acids is 1. The van der Waals surface area contributed by atoms with Gasteiger partial charge in [-0.25, -0.2) is 9.59 Å². The van der Waals surface area contributed by atoms with Crippen molar-refractivity contribution in [3.05, 3.63) is 33.3 Å². The number of carboxylic acids is 1. The quantitative estimate of drug-likeness (QED) is 0.550. The second-order valence-corrected chi connectivity index (χ2v) is 4.61. The molecule has 0 fully saturated rings. The van der Waals surface area contributed by atoms with E-state index in [9.17, 15) is 19.7 Å². The van der Waals surface area contributed by atoms with Crippen LogP contribution < -0.4 is 10.6 Å². The van der Waals surface area contributed by atoms with Crippen molar-refractivity contribution in [3.63, 3.8) is 0 Å². The maximum Gasteiger partial charge on any atom is 0.326 e. The third kappa shape index (κ3) is 4.92. The molecule has 114 valence electrons. The third-order valence-electron chi connectivity index (χ3n) is 2.58. The van der Waals surface area contributed by atoms with E-state index in [0.717, 1.165) is 6.07 Å². The number of urea groups is 1. The zero-order valence-electron chi connectivity index (χ0n) is 11.1. The van der Waals surface area contributed by atoms with E-state index in [1.54, 1.807) is 6.92 Å². The van der Waals surface area contributed by atoms with Crippen LogP contribution in [0.4, 0.5) is 16.2 Å². The van der Waals surface area contributed by atoms with Gasteiger partial charge in [0.1, 0.15) is 11.1 Å². The molecule has 0 saturated carbocycles. The fourth-order valence-corrected chi connectivity index (χ4v) is 1.79. The molecule has 21 heavy (non-hydrogen) atoms. The smallest absolute Gasteiger partial charge is 0.326 e. The van der Waals surface area contributed by atoms with Crippen LogP contribution in [0.2, 0.25) is 5.02 Å². The lowest BCUT2D eigenvalue weighted by atomic mass is 10.2. The van der Waals surface area contributed by atoms with E-state index in [0.29, 0.717) is 6.42 Å². The molecule has 0 radical (unpaired) electrons. The Balaban J connectivity index is 2.77. The summed E-state index contributed by atoms with van der Waals surface area (Å²) in [6.07, 6.45) is 0.868. The molecule has 3 N–H and O–H groups in total. The number of anilines is 1. The molecule has 1 rings (SSSR count). The first-order valence-corrected chi connectivity index (χ1v) is 6.47. The number of rotatable bonds is 6. The highest BCUT2D eigenvalue weighted by molar-refractivity contribution is 6.32. The summed E-state index contributed by atoms with van der Waals surface area (Å²) in [5.41, 5.74) is -0.206. The molecule has 0 bridgehead atoms. The van der Waals surface area contributed by atoms with E-state index in [2.05, 4.69) is 10.6 Å². The second-order valence-electron chi connectivity index (χ2n) is 4.20. The monoisotopic (exact) mass is 315 g/mol. The van der Waals surface area contributed by atoms with Crippen molar-refractivity contribution in [1.29, 1.82) is 0 Å². The van der Waals surface area contributed by atoms with Crippen LogP contribution in [0.25, 0.3) is 0 Å². The van der Waals surface area contributed by atoms with Crippen LogP contribution in [0, 0.1) is 10.1 Å². The zero-order chi connectivity index (χ0) is 16.0. The Bertz CT molecular complexity index is 564. The van der Waals surface area contributed by atoms with E-state index in [1.165, 1.54) is 12.1 Å². The molecule has 0 aromatic heterocycles. The fourth-order valence-electron chi connectivity index (χ4n) is 1.60. The summed E-state index contributed by atoms with van der Waals surface area (Å²) in [5.74, 6) is -1.14. The maximum atomic E-state index is 11.7. The lowest BCUT2D eigenvalue weighted by molar-refractivity contribution is -0.384. The number of hydrogen-bond donors (Lipinski definition) is 3. The molecule has 0 aliphatic heterocycles. The Morgan fingerprint density at radius 1 is 1.48 bits per heavy atom. The van der Waals surface area contributed by atoms with Gasteiger partial charge in [-0.05, 0) is 18.6 Å². The summed E-state index contributed by atoms with van der Waals surface area (Å²) >= 11 is 5.65. The van der Waals surface area contributed by atoms with Gasteiger partial charge in [0.05, 0.1) is 4.92 Å². The van der Waals surface area contributed by atoms with Crippen molar-refractivity contribution in [1.82, 2.24) is 5.32 Å². The summed E-state index contributed by atoms with van der Waals surface area (Å²) in [6.45, 7) is 1.79. The minimum absolute atomic E-state index is 0.0552. The predicted molar refractivity (Wildman–Crippen MR) is 76.6 cm³/mol. The number of aliphatic carboxylic acids is 1. The van der Waals surface area contributed by atoms with Gasteiger partial charge in [0.25, 0.3) is 5.69 Å². The van der Waals surface area contributed by atoms with Crippen molar-refractivity contribution in [2.75, 3.05) is 5.32 Å². The zero-order valence-corrected chi connectivity index (χ0v) is 11.9. The summed E-state index contributed by atoms with van der Waals surface area (Å²) < 4.78 is 0. The lowest BCUT2D eigenvalue weighted by Gasteiger charge is -2.14. The molecule has 0 aliphatic carbocycles. The highest BCUT2D eigenvalue weighted by Gasteiger charge is 2.19. The largest absolute Gasteiger partial charge is 0.480 e. The second kappa shape index (κ2) is 7.44. The normalized spacial score (nSPS) is 11.5. The Morgan fingerprint density at radius 3 is 2.67 bits per heavy atom. The summed E-state index contributed by atoms with van der Waals surface area (Å²) in [7, 11) is 0. The third-order valence-corrected chi connectivity index (χ3v) is 2.90. The first kappa shape index (κ1) is 16.7. The van der Waals surface area contributed by atoms with Crippen LogP contribution in [-0.2, 0) is 4.79 Å². The van der Waals surface area contributed by atoms with Crippen LogP contribution in [0.1, 0.15) is 19.8 Å². The van der Waals surface area contributed by atoms with Gasteiger partial charge in [-0.2, -0.15) is 0 Å². The molecule has 1 aromatic rings. The number of hydrogen-bond acceptors (Lipinski definition) is 4. The van der Waals surface area contributed by atoms with Crippen molar-refractivity contribution in [3.8, 4) is 0 Å². The molecule has 8 nitrogen and oxygen atoms in total. The minimum atomic E-state index is -1.14. The molecule has 0 saturated heterocycles. The summed E-state index contributed by atoms with van der Waals surface area (Å²) in [4.78, 5) is 32.6. The number of nitro groups is 1. The standard InChI is InChI=1S/C12H14ClN3O5/c1-2-3-9(11(17)18)15-12(19)14-7-4-5-8(13)10(6-7)16(20)21/h4-6,9H,2-3H2,1H3,(H,17,18)(H2,14,15,19)/t9-/m0/s1. The molecule has 2 amide bonds. The topological polar surface area (TPSA) is 122 Å². The highest BCUT2D eigenvalue weighted by Crippen LogP contribution is 2.27. The molecule has 9 heteroatoms. The molecule has 1 aromatic carbocycles. The van der Waals surface area contributed by atoms with Gasteiger partial charge < -0.3 is 15.7 Å². The van der Waals surface area contributed by atoms with Crippen molar-refractivity contribution < 1.29 is 19.6 Å². The average Bonchev–Trinajstić information content (AvgIpc) is 2.40. The predicted octanol–water partition coefficient (Wildman–Crippen LogP) is 2.62. The number of nitro benzene ring substituents is 1. The van der Waals surface area contributed by atoms with Crippen LogP contribution in [0.3, 0.4) is 0 Å². The summed E-state index contributed by atoms with van der Waals surface area (Å²) in [5, 5.41) is 24.2. The number of amides is 2. The maximum absolute atomic E-state index is 11.7. The molecular formula is C12H14ClN3O5. The first-order chi connectivity index (χ1) is 9.85. The Hall–Kier alpha value is -2.35. The number of carboxylic acid groups (broad SMARTS) is 1. The molecule has 0 spiro atoms. The van der Waals surface area contributed by atoms with E-state index in [4.69, 9.17) is 16.7 Å². The van der Waals surface area contributed by atoms with Crippen LogP contribution >= 0.6 is 11.6 Å². The molecule has 0 aliphatic rings. The van der Waals surface area contributed by atoms with Gasteiger partial charge in [-0.1, -0.05) is 24.9 Å². The van der Waals surface area contributed by atoms with Crippen LogP contribution in [0.15, 0.2) is 18.2 Å². The molecular weight excluding hydrogens is 302 g/mol. The van der Waals surface area contributed by atoms with Gasteiger partial charge in [-0.3, -0.25) is 10.1 Å². The van der Waals surface area contributed by atoms with Crippen molar-refractivity contribution >= 4 is 35.0 Å².